The molecular weight excluding hydrogens is 342 g/mol. The molecule has 0 fully saturated rings. The van der Waals surface area contributed by atoms with Crippen LogP contribution in [0.4, 0.5) is 5.13 Å². The van der Waals surface area contributed by atoms with Gasteiger partial charge in [0.1, 0.15) is 12.4 Å². The second-order valence-corrected chi connectivity index (χ2v) is 5.60. The molecule has 0 aliphatic rings. The number of amides is 1. The van der Waals surface area contributed by atoms with Crippen LogP contribution >= 0.6 is 11.3 Å². The van der Waals surface area contributed by atoms with Crippen molar-refractivity contribution in [2.24, 2.45) is 0 Å². The molecule has 1 aromatic carbocycles. The summed E-state index contributed by atoms with van der Waals surface area (Å²) in [4.78, 5) is 16.3. The zero-order chi connectivity index (χ0) is 16.8. The van der Waals surface area contributed by atoms with Crippen LogP contribution in [-0.2, 0) is 4.74 Å². The fourth-order valence-corrected chi connectivity index (χ4v) is 2.66. The predicted octanol–water partition coefficient (Wildman–Crippen LogP) is 3.71. The van der Waals surface area contributed by atoms with E-state index in [1.54, 1.807) is 7.11 Å². The van der Waals surface area contributed by atoms with Gasteiger partial charge in [0, 0.05) is 24.1 Å². The Morgan fingerprint density at radius 2 is 2.20 bits per heavy atom. The van der Waals surface area contributed by atoms with Crippen LogP contribution in [0.5, 0.6) is 5.75 Å². The maximum absolute atomic E-state index is 11.9. The van der Waals surface area contributed by atoms with Crippen LogP contribution in [0.15, 0.2) is 46.4 Å². The highest BCUT2D eigenvalue weighted by Crippen LogP contribution is 2.27. The van der Waals surface area contributed by atoms with E-state index in [0.29, 0.717) is 18.3 Å². The van der Waals surface area contributed by atoms with Crippen LogP contribution in [-0.4, -0.2) is 36.4 Å². The molecule has 3 rings (SSSR count). The summed E-state index contributed by atoms with van der Waals surface area (Å²) in [7, 11) is 1.63. The molecule has 0 unspecified atom stereocenters. The molecule has 1 amide bonds. The highest BCUT2D eigenvalue weighted by molar-refractivity contribution is 7.14. The molecule has 0 atom stereocenters. The number of hydrogen-bond acceptors (Lipinski definition) is 7. The first kappa shape index (κ1) is 18.6. The van der Waals surface area contributed by atoms with Crippen molar-refractivity contribution in [2.75, 3.05) is 25.6 Å². The second-order valence-electron chi connectivity index (χ2n) is 4.74. The first-order valence-electron chi connectivity index (χ1n) is 7.16. The van der Waals surface area contributed by atoms with Crippen LogP contribution in [0.1, 0.15) is 18.0 Å². The zero-order valence-electron chi connectivity index (χ0n) is 12.9. The summed E-state index contributed by atoms with van der Waals surface area (Å²) in [6.45, 7) is 1.01. The fraction of sp³-hybridized carbons (Fsp3) is 0.235. The van der Waals surface area contributed by atoms with Gasteiger partial charge in [-0.25, -0.2) is 4.98 Å². The monoisotopic (exact) mass is 361 g/mol. The van der Waals surface area contributed by atoms with E-state index < -0.39 is 0 Å². The standard InChI is InChI=1S/C16H15N3O4S.CH4/c1-21-7-8-22-12-4-2-3-11(9-12)13-10-24-16(18-13)19-15(20)14-5-6-17-23-14;/h2-6,9-10H,7-8H2,1H3,(H,18,19,20);1H4. The van der Waals surface area contributed by atoms with Gasteiger partial charge in [0.25, 0.3) is 5.91 Å². The zero-order valence-corrected chi connectivity index (χ0v) is 13.7. The van der Waals surface area contributed by atoms with E-state index in [4.69, 9.17) is 14.0 Å². The van der Waals surface area contributed by atoms with E-state index in [-0.39, 0.29) is 19.1 Å². The molecule has 25 heavy (non-hydrogen) atoms. The Kier molecular flexibility index (Phi) is 6.67. The molecule has 8 heteroatoms. The van der Waals surface area contributed by atoms with Crippen molar-refractivity contribution in [1.82, 2.24) is 10.1 Å². The number of hydrogen-bond donors (Lipinski definition) is 1. The average Bonchev–Trinajstić information content (AvgIpc) is 3.27. The number of methoxy groups -OCH3 is 1. The lowest BCUT2D eigenvalue weighted by molar-refractivity contribution is 0.0988. The Morgan fingerprint density at radius 3 is 2.96 bits per heavy atom. The van der Waals surface area contributed by atoms with E-state index in [2.05, 4.69) is 15.5 Å². The number of benzene rings is 1. The summed E-state index contributed by atoms with van der Waals surface area (Å²) in [5, 5.41) is 8.53. The van der Waals surface area contributed by atoms with Gasteiger partial charge in [0.2, 0.25) is 5.76 Å². The van der Waals surface area contributed by atoms with Gasteiger partial charge < -0.3 is 14.0 Å². The van der Waals surface area contributed by atoms with Crippen molar-refractivity contribution in [1.29, 1.82) is 0 Å². The normalized spacial score (nSPS) is 10.1. The molecule has 1 N–H and O–H groups in total. The topological polar surface area (TPSA) is 86.5 Å². The van der Waals surface area contributed by atoms with Crippen molar-refractivity contribution in [3.05, 3.63) is 47.7 Å². The quantitative estimate of drug-likeness (QED) is 0.646. The van der Waals surface area contributed by atoms with Crippen molar-refractivity contribution < 1.29 is 18.8 Å². The summed E-state index contributed by atoms with van der Waals surface area (Å²) in [5.41, 5.74) is 1.66. The van der Waals surface area contributed by atoms with Crippen molar-refractivity contribution in [3.63, 3.8) is 0 Å². The molecule has 0 bridgehead atoms. The summed E-state index contributed by atoms with van der Waals surface area (Å²) < 4.78 is 15.4. The molecule has 0 saturated carbocycles. The highest BCUT2D eigenvalue weighted by atomic mass is 32.1. The Bertz CT molecular complexity index is 802. The lowest BCUT2D eigenvalue weighted by atomic mass is 10.2. The van der Waals surface area contributed by atoms with E-state index in [1.807, 2.05) is 29.6 Å². The van der Waals surface area contributed by atoms with Gasteiger partial charge in [-0.05, 0) is 12.1 Å². The number of rotatable bonds is 7. The van der Waals surface area contributed by atoms with Gasteiger partial charge >= 0.3 is 0 Å². The molecular formula is C17H19N3O4S. The molecule has 3 aromatic rings. The molecule has 7 nitrogen and oxygen atoms in total. The lowest BCUT2D eigenvalue weighted by Crippen LogP contribution is -2.10. The molecule has 0 aliphatic heterocycles. The van der Waals surface area contributed by atoms with Gasteiger partial charge in [-0.3, -0.25) is 10.1 Å². The van der Waals surface area contributed by atoms with Gasteiger partial charge in [0.05, 0.1) is 18.5 Å². The van der Waals surface area contributed by atoms with Crippen LogP contribution in [0.25, 0.3) is 11.3 Å². The summed E-state index contributed by atoms with van der Waals surface area (Å²) in [5.74, 6) is 0.495. The number of nitrogens with zero attached hydrogens (tertiary/aromatic N) is 2. The van der Waals surface area contributed by atoms with Crippen LogP contribution < -0.4 is 10.1 Å². The van der Waals surface area contributed by atoms with Crippen LogP contribution in [0, 0.1) is 0 Å². The van der Waals surface area contributed by atoms with Gasteiger partial charge in [-0.2, -0.15) is 0 Å². The van der Waals surface area contributed by atoms with Gasteiger partial charge in [-0.1, -0.05) is 24.7 Å². The maximum Gasteiger partial charge on any atom is 0.296 e. The number of anilines is 1. The molecule has 0 aliphatic carbocycles. The van der Waals surface area contributed by atoms with E-state index in [9.17, 15) is 4.79 Å². The number of carbonyl (C=O) groups excluding carboxylic acids is 1. The van der Waals surface area contributed by atoms with Gasteiger partial charge in [-0.15, -0.1) is 11.3 Å². The maximum atomic E-state index is 11.9. The predicted molar refractivity (Wildman–Crippen MR) is 96.1 cm³/mol. The molecule has 0 radical (unpaired) electrons. The summed E-state index contributed by atoms with van der Waals surface area (Å²) >= 11 is 1.33. The first-order valence-corrected chi connectivity index (χ1v) is 8.04. The van der Waals surface area contributed by atoms with Crippen LogP contribution in [0.3, 0.4) is 0 Å². The third-order valence-electron chi connectivity index (χ3n) is 3.07. The van der Waals surface area contributed by atoms with Crippen molar-refractivity contribution in [3.8, 4) is 17.0 Å². The summed E-state index contributed by atoms with van der Waals surface area (Å²) in [6.07, 6.45) is 1.41. The number of nitrogens with one attached hydrogen (secondary N) is 1. The average molecular weight is 361 g/mol. The highest BCUT2D eigenvalue weighted by Gasteiger charge is 2.13. The Labute approximate surface area is 149 Å². The van der Waals surface area contributed by atoms with E-state index in [1.165, 1.54) is 23.6 Å². The number of carbonyl (C=O) groups is 1. The van der Waals surface area contributed by atoms with E-state index in [0.717, 1.165) is 17.0 Å². The minimum atomic E-state index is -0.384. The second kappa shape index (κ2) is 8.95. The van der Waals surface area contributed by atoms with Gasteiger partial charge in [0.15, 0.2) is 5.13 Å². The number of aromatic nitrogens is 2. The largest absolute Gasteiger partial charge is 0.491 e. The Morgan fingerprint density at radius 1 is 1.32 bits per heavy atom. The SMILES string of the molecule is C.COCCOc1cccc(-c2csc(NC(=O)c3ccno3)n2)c1. The Balaban J connectivity index is 0.00000225. The molecule has 0 saturated heterocycles. The first-order chi connectivity index (χ1) is 11.8. The number of ether oxygens (including phenoxy) is 2. The van der Waals surface area contributed by atoms with E-state index >= 15 is 0 Å². The molecule has 132 valence electrons. The fourth-order valence-electron chi connectivity index (χ4n) is 1.94. The minimum absolute atomic E-state index is 0. The molecule has 2 aromatic heterocycles. The molecule has 0 spiro atoms. The van der Waals surface area contributed by atoms with Crippen molar-refractivity contribution >= 4 is 22.4 Å². The third kappa shape index (κ3) is 4.88. The lowest BCUT2D eigenvalue weighted by Gasteiger charge is -2.06. The Hall–Kier alpha value is -2.71. The minimum Gasteiger partial charge on any atom is -0.491 e. The smallest absolute Gasteiger partial charge is 0.296 e. The third-order valence-corrected chi connectivity index (χ3v) is 3.83. The molecule has 2 heterocycles. The summed E-state index contributed by atoms with van der Waals surface area (Å²) in [6, 6.07) is 9.08. The van der Waals surface area contributed by atoms with Crippen molar-refractivity contribution in [2.45, 2.75) is 7.43 Å². The van der Waals surface area contributed by atoms with Crippen LogP contribution in [0.2, 0.25) is 0 Å². The number of thiazole rings is 1.